The molecule has 0 bridgehead atoms. The van der Waals surface area contributed by atoms with Crippen molar-refractivity contribution in [1.82, 2.24) is 4.90 Å². The maximum Gasteiger partial charge on any atom is 0.306 e. The number of aliphatic hydroxyl groups is 1. The molecule has 0 heterocycles. The first-order chi connectivity index (χ1) is 23.1. The highest BCUT2D eigenvalue weighted by atomic mass is 16.5. The smallest absolute Gasteiger partial charge is 0.306 e. The van der Waals surface area contributed by atoms with Crippen LogP contribution in [0.5, 0.6) is 0 Å². The molecule has 47 heavy (non-hydrogen) atoms. The van der Waals surface area contributed by atoms with Crippen LogP contribution in [-0.4, -0.2) is 60.9 Å². The second-order valence-corrected chi connectivity index (χ2v) is 14.1. The van der Waals surface area contributed by atoms with E-state index < -0.39 is 0 Å². The van der Waals surface area contributed by atoms with Crippen molar-refractivity contribution in [3.63, 3.8) is 0 Å². The zero-order valence-electron chi connectivity index (χ0n) is 31.9. The maximum absolute atomic E-state index is 12.7. The second-order valence-electron chi connectivity index (χ2n) is 14.1. The number of rotatable bonds is 38. The molecule has 1 N–H and O–H groups in total. The molecule has 0 aliphatic rings. The average molecular weight is 668 g/mol. The van der Waals surface area contributed by atoms with Gasteiger partial charge in [-0.15, -0.1) is 0 Å². The molecule has 0 radical (unpaired) electrons. The van der Waals surface area contributed by atoms with E-state index in [1.807, 2.05) is 0 Å². The Morgan fingerprint density at radius 3 is 1.40 bits per heavy atom. The van der Waals surface area contributed by atoms with Crippen molar-refractivity contribution in [2.75, 3.05) is 32.8 Å². The minimum atomic E-state index is -0.0422. The number of carbonyl (C=O) groups excluding carboxylic acids is 2. The van der Waals surface area contributed by atoms with Crippen LogP contribution in [0.1, 0.15) is 213 Å². The van der Waals surface area contributed by atoms with E-state index >= 15 is 0 Å². The predicted molar refractivity (Wildman–Crippen MR) is 200 cm³/mol. The minimum absolute atomic E-state index is 0.00668. The minimum Gasteiger partial charge on any atom is -0.466 e. The molecule has 280 valence electrons. The number of ether oxygens (including phenoxy) is 2. The van der Waals surface area contributed by atoms with Crippen LogP contribution >= 0.6 is 0 Å². The highest BCUT2D eigenvalue weighted by molar-refractivity contribution is 5.69. The van der Waals surface area contributed by atoms with Gasteiger partial charge >= 0.3 is 11.9 Å². The molecule has 0 spiro atoms. The topological polar surface area (TPSA) is 76.1 Å². The Hall–Kier alpha value is -1.14. The number of hydrogen-bond donors (Lipinski definition) is 1. The van der Waals surface area contributed by atoms with E-state index in [0.717, 1.165) is 103 Å². The van der Waals surface area contributed by atoms with Crippen molar-refractivity contribution in [2.45, 2.75) is 219 Å². The largest absolute Gasteiger partial charge is 0.466 e. The lowest BCUT2D eigenvalue weighted by atomic mass is 10.0. The van der Waals surface area contributed by atoms with Gasteiger partial charge in [-0.25, -0.2) is 0 Å². The fraction of sp³-hybridized carbons (Fsp3) is 0.951. The summed E-state index contributed by atoms with van der Waals surface area (Å²) < 4.78 is 11.4. The fourth-order valence-corrected chi connectivity index (χ4v) is 6.32. The number of hydrogen-bond acceptors (Lipinski definition) is 6. The Morgan fingerprint density at radius 2 is 0.894 bits per heavy atom. The quantitative estimate of drug-likeness (QED) is 0.0521. The third kappa shape index (κ3) is 34.5. The molecule has 0 aromatic heterocycles. The average Bonchev–Trinajstić information content (AvgIpc) is 3.07. The molecule has 0 fully saturated rings. The normalized spacial score (nSPS) is 11.5. The number of nitrogens with zero attached hydrogens (tertiary/aromatic N) is 1. The van der Waals surface area contributed by atoms with E-state index in [1.54, 1.807) is 0 Å². The molecular weight excluding hydrogens is 586 g/mol. The fourth-order valence-electron chi connectivity index (χ4n) is 6.32. The SMILES string of the molecule is CCCCCCCCC(CCCCCCCC)OC(=O)CCCCCCN(CCCO)CCCCCCC(=O)OCCCCCCC. The Bertz CT molecular complexity index is 642. The van der Waals surface area contributed by atoms with Gasteiger partial charge in [0.15, 0.2) is 0 Å². The molecule has 0 amide bonds. The first-order valence-electron chi connectivity index (χ1n) is 20.8. The molecular formula is C41H81NO5. The van der Waals surface area contributed by atoms with Crippen LogP contribution in [0.3, 0.4) is 0 Å². The standard InChI is InChI=1S/C41H81NO5/c1-4-7-10-13-15-22-30-39(31-23-16-14-11-8-5-2)47-41(45)33-25-18-20-27-35-42(36-29-37-43)34-26-19-17-24-32-40(44)46-38-28-21-12-9-6-3/h39,43H,4-38H2,1-3H3. The van der Waals surface area contributed by atoms with Crippen LogP contribution in [0.15, 0.2) is 0 Å². The van der Waals surface area contributed by atoms with Gasteiger partial charge in [0, 0.05) is 26.0 Å². The van der Waals surface area contributed by atoms with Gasteiger partial charge in [-0.3, -0.25) is 9.59 Å². The summed E-state index contributed by atoms with van der Waals surface area (Å²) in [6, 6.07) is 0. The summed E-state index contributed by atoms with van der Waals surface area (Å²) in [6.07, 6.45) is 33.8. The van der Waals surface area contributed by atoms with E-state index in [9.17, 15) is 14.7 Å². The summed E-state index contributed by atoms with van der Waals surface area (Å²) in [4.78, 5) is 27.1. The van der Waals surface area contributed by atoms with E-state index in [4.69, 9.17) is 9.47 Å². The summed E-state index contributed by atoms with van der Waals surface area (Å²) in [6.45, 7) is 10.6. The van der Waals surface area contributed by atoms with Gasteiger partial charge in [0.05, 0.1) is 6.61 Å². The Labute approximate surface area is 292 Å². The van der Waals surface area contributed by atoms with E-state index in [1.165, 1.54) is 96.3 Å². The Morgan fingerprint density at radius 1 is 0.489 bits per heavy atom. The lowest BCUT2D eigenvalue weighted by Gasteiger charge is -2.22. The highest BCUT2D eigenvalue weighted by Crippen LogP contribution is 2.18. The molecule has 0 aliphatic heterocycles. The molecule has 0 rings (SSSR count). The molecule has 0 aromatic carbocycles. The summed E-state index contributed by atoms with van der Waals surface area (Å²) in [5.74, 6) is -0.0355. The molecule has 6 nitrogen and oxygen atoms in total. The molecule has 0 aliphatic carbocycles. The van der Waals surface area contributed by atoms with E-state index in [-0.39, 0.29) is 24.6 Å². The molecule has 0 atom stereocenters. The van der Waals surface area contributed by atoms with E-state index in [0.29, 0.717) is 19.4 Å². The first-order valence-corrected chi connectivity index (χ1v) is 20.8. The van der Waals surface area contributed by atoms with Crippen LogP contribution in [0.2, 0.25) is 0 Å². The Balaban J connectivity index is 4.12. The summed E-state index contributed by atoms with van der Waals surface area (Å²) in [7, 11) is 0. The molecule has 0 saturated carbocycles. The van der Waals surface area contributed by atoms with Crippen molar-refractivity contribution in [1.29, 1.82) is 0 Å². The lowest BCUT2D eigenvalue weighted by Crippen LogP contribution is -2.28. The molecule has 0 aromatic rings. The van der Waals surface area contributed by atoms with Crippen LogP contribution in [0, 0.1) is 0 Å². The van der Waals surface area contributed by atoms with Crippen LogP contribution in [0.4, 0.5) is 0 Å². The summed E-state index contributed by atoms with van der Waals surface area (Å²) in [5.41, 5.74) is 0. The Kier molecular flexibility index (Phi) is 36.8. The summed E-state index contributed by atoms with van der Waals surface area (Å²) >= 11 is 0. The van der Waals surface area contributed by atoms with Crippen molar-refractivity contribution in [2.24, 2.45) is 0 Å². The first kappa shape index (κ1) is 45.9. The van der Waals surface area contributed by atoms with Gasteiger partial charge in [-0.2, -0.15) is 0 Å². The zero-order chi connectivity index (χ0) is 34.5. The number of aliphatic hydroxyl groups excluding tert-OH is 1. The van der Waals surface area contributed by atoms with E-state index in [2.05, 4.69) is 25.7 Å². The van der Waals surface area contributed by atoms with Crippen molar-refractivity contribution >= 4 is 11.9 Å². The lowest BCUT2D eigenvalue weighted by molar-refractivity contribution is -0.150. The van der Waals surface area contributed by atoms with Gasteiger partial charge in [-0.05, 0) is 77.3 Å². The number of esters is 2. The van der Waals surface area contributed by atoms with Gasteiger partial charge in [0.1, 0.15) is 6.10 Å². The van der Waals surface area contributed by atoms with Crippen LogP contribution < -0.4 is 0 Å². The maximum atomic E-state index is 12.7. The monoisotopic (exact) mass is 668 g/mol. The summed E-state index contributed by atoms with van der Waals surface area (Å²) in [5, 5.41) is 9.35. The molecule has 0 saturated heterocycles. The van der Waals surface area contributed by atoms with Crippen molar-refractivity contribution < 1.29 is 24.2 Å². The van der Waals surface area contributed by atoms with Gasteiger partial charge in [0.2, 0.25) is 0 Å². The molecule has 6 heteroatoms. The third-order valence-corrected chi connectivity index (χ3v) is 9.41. The third-order valence-electron chi connectivity index (χ3n) is 9.41. The van der Waals surface area contributed by atoms with Crippen LogP contribution in [0.25, 0.3) is 0 Å². The second kappa shape index (κ2) is 37.7. The number of unbranched alkanes of at least 4 members (excludes halogenated alkanes) is 20. The van der Waals surface area contributed by atoms with Gasteiger partial charge in [0.25, 0.3) is 0 Å². The number of carbonyl (C=O) groups is 2. The zero-order valence-corrected chi connectivity index (χ0v) is 31.9. The van der Waals surface area contributed by atoms with Gasteiger partial charge in [-0.1, -0.05) is 136 Å². The predicted octanol–water partition coefficient (Wildman–Crippen LogP) is 11.5. The van der Waals surface area contributed by atoms with Crippen molar-refractivity contribution in [3.8, 4) is 0 Å². The molecule has 0 unspecified atom stereocenters. The highest BCUT2D eigenvalue weighted by Gasteiger charge is 2.14. The van der Waals surface area contributed by atoms with Crippen LogP contribution in [-0.2, 0) is 19.1 Å². The van der Waals surface area contributed by atoms with Gasteiger partial charge < -0.3 is 19.5 Å². The van der Waals surface area contributed by atoms with Crippen molar-refractivity contribution in [3.05, 3.63) is 0 Å².